The van der Waals surface area contributed by atoms with Crippen molar-refractivity contribution < 1.29 is 0 Å². The Morgan fingerprint density at radius 1 is 1.19 bits per heavy atom. The zero-order valence-electron chi connectivity index (χ0n) is 10.5. The maximum Gasteiger partial charge on any atom is 0.0229 e. The van der Waals surface area contributed by atoms with E-state index in [0.717, 1.165) is 24.9 Å². The molecule has 1 saturated carbocycles. The topological polar surface area (TPSA) is 38.0 Å². The van der Waals surface area contributed by atoms with Crippen molar-refractivity contribution in [3.8, 4) is 0 Å². The minimum Gasteiger partial charge on any atom is -0.324 e. The monoisotopic (exact) mass is 222 g/mol. The molecule has 2 aliphatic rings. The van der Waals surface area contributed by atoms with Crippen LogP contribution in [0.4, 0.5) is 0 Å². The summed E-state index contributed by atoms with van der Waals surface area (Å²) in [5, 5.41) is 3.74. The highest BCUT2D eigenvalue weighted by atomic mass is 14.9. The summed E-state index contributed by atoms with van der Waals surface area (Å²) in [6.45, 7) is 3.52. The van der Waals surface area contributed by atoms with Gasteiger partial charge in [0.15, 0.2) is 0 Å². The predicted molar refractivity (Wildman–Crippen MR) is 69.3 cm³/mol. The Kier molecular flexibility index (Phi) is 4.42. The number of nitrogens with two attached hydrogens (primary N) is 1. The van der Waals surface area contributed by atoms with E-state index in [-0.39, 0.29) is 0 Å². The molecule has 4 atom stereocenters. The van der Waals surface area contributed by atoms with Gasteiger partial charge in [-0.1, -0.05) is 31.9 Å². The number of rotatable bonds is 3. The molecule has 0 radical (unpaired) electrons. The fraction of sp³-hybridized carbons (Fsp3) is 0.857. The van der Waals surface area contributed by atoms with E-state index in [9.17, 15) is 0 Å². The maximum atomic E-state index is 5.86. The highest BCUT2D eigenvalue weighted by Crippen LogP contribution is 2.23. The lowest BCUT2D eigenvalue weighted by atomic mass is 10.0. The van der Waals surface area contributed by atoms with Gasteiger partial charge in [0.2, 0.25) is 0 Å². The van der Waals surface area contributed by atoms with E-state index < -0.39 is 0 Å². The fourth-order valence-electron chi connectivity index (χ4n) is 2.97. The van der Waals surface area contributed by atoms with Crippen LogP contribution in [0, 0.1) is 11.8 Å². The SMILES string of the molecule is CC1CCCC(NCC2C=CC(N)C2)CC1. The van der Waals surface area contributed by atoms with Crippen LogP contribution in [-0.4, -0.2) is 18.6 Å². The molecule has 0 heterocycles. The first kappa shape index (κ1) is 12.1. The highest BCUT2D eigenvalue weighted by molar-refractivity contribution is 5.05. The van der Waals surface area contributed by atoms with Crippen molar-refractivity contribution in [2.75, 3.05) is 6.54 Å². The molecule has 1 fully saturated rings. The second-order valence-electron chi connectivity index (χ2n) is 5.76. The van der Waals surface area contributed by atoms with Crippen LogP contribution in [0.25, 0.3) is 0 Å². The van der Waals surface area contributed by atoms with Crippen molar-refractivity contribution in [3.63, 3.8) is 0 Å². The van der Waals surface area contributed by atoms with Gasteiger partial charge < -0.3 is 11.1 Å². The molecule has 0 aliphatic heterocycles. The zero-order valence-corrected chi connectivity index (χ0v) is 10.5. The molecule has 4 unspecified atom stereocenters. The summed E-state index contributed by atoms with van der Waals surface area (Å²) in [6, 6.07) is 1.07. The average Bonchev–Trinajstić information content (AvgIpc) is 2.56. The second kappa shape index (κ2) is 5.83. The van der Waals surface area contributed by atoms with Gasteiger partial charge in [-0.15, -0.1) is 0 Å². The molecule has 3 N–H and O–H groups in total. The Hall–Kier alpha value is -0.340. The Morgan fingerprint density at radius 3 is 2.81 bits per heavy atom. The number of hydrogen-bond donors (Lipinski definition) is 2. The molecule has 0 saturated heterocycles. The van der Waals surface area contributed by atoms with Crippen LogP contribution in [-0.2, 0) is 0 Å². The lowest BCUT2D eigenvalue weighted by molar-refractivity contribution is 0.416. The van der Waals surface area contributed by atoms with Gasteiger partial charge in [0.05, 0.1) is 0 Å². The predicted octanol–water partition coefficient (Wildman–Crippen LogP) is 2.45. The van der Waals surface area contributed by atoms with E-state index >= 15 is 0 Å². The van der Waals surface area contributed by atoms with Crippen LogP contribution in [0.3, 0.4) is 0 Å². The third kappa shape index (κ3) is 3.60. The van der Waals surface area contributed by atoms with Crippen LogP contribution in [0.5, 0.6) is 0 Å². The van der Waals surface area contributed by atoms with Crippen molar-refractivity contribution in [2.45, 2.75) is 57.5 Å². The van der Waals surface area contributed by atoms with Crippen LogP contribution >= 0.6 is 0 Å². The van der Waals surface area contributed by atoms with Gasteiger partial charge in [0, 0.05) is 18.6 Å². The molecule has 0 aromatic rings. The highest BCUT2D eigenvalue weighted by Gasteiger charge is 2.19. The Balaban J connectivity index is 1.67. The molecule has 0 spiro atoms. The Bertz CT molecular complexity index is 237. The second-order valence-corrected chi connectivity index (χ2v) is 5.76. The van der Waals surface area contributed by atoms with E-state index in [2.05, 4.69) is 24.4 Å². The first-order chi connectivity index (χ1) is 7.74. The normalized spacial score (nSPS) is 39.9. The van der Waals surface area contributed by atoms with Gasteiger partial charge in [-0.3, -0.25) is 0 Å². The molecule has 2 nitrogen and oxygen atoms in total. The molecule has 0 amide bonds. The summed E-state index contributed by atoms with van der Waals surface area (Å²) in [7, 11) is 0. The quantitative estimate of drug-likeness (QED) is 0.568. The van der Waals surface area contributed by atoms with Gasteiger partial charge in [-0.25, -0.2) is 0 Å². The summed E-state index contributed by atoms with van der Waals surface area (Å²) >= 11 is 0. The molecule has 2 aliphatic carbocycles. The maximum absolute atomic E-state index is 5.86. The minimum absolute atomic E-state index is 0.306. The molecule has 92 valence electrons. The van der Waals surface area contributed by atoms with E-state index in [1.54, 1.807) is 0 Å². The number of nitrogens with one attached hydrogen (secondary N) is 1. The first-order valence-corrected chi connectivity index (χ1v) is 6.91. The van der Waals surface area contributed by atoms with Crippen LogP contribution < -0.4 is 11.1 Å². The summed E-state index contributed by atoms with van der Waals surface area (Å²) in [6.07, 6.45) is 12.5. The van der Waals surface area contributed by atoms with Crippen molar-refractivity contribution >= 4 is 0 Å². The third-order valence-corrected chi connectivity index (χ3v) is 4.13. The van der Waals surface area contributed by atoms with Gasteiger partial charge >= 0.3 is 0 Å². The molecule has 2 heteroatoms. The van der Waals surface area contributed by atoms with E-state index in [0.29, 0.717) is 12.0 Å². The largest absolute Gasteiger partial charge is 0.324 e. The van der Waals surface area contributed by atoms with Crippen molar-refractivity contribution in [1.82, 2.24) is 5.32 Å². The molecule has 16 heavy (non-hydrogen) atoms. The smallest absolute Gasteiger partial charge is 0.0229 e. The van der Waals surface area contributed by atoms with Crippen molar-refractivity contribution in [3.05, 3.63) is 12.2 Å². The summed E-state index contributed by atoms with van der Waals surface area (Å²) in [5.74, 6) is 1.61. The minimum atomic E-state index is 0.306. The Labute approximate surface area is 99.7 Å². The third-order valence-electron chi connectivity index (χ3n) is 4.13. The molecule has 0 aromatic carbocycles. The van der Waals surface area contributed by atoms with Gasteiger partial charge in [-0.05, 0) is 37.5 Å². The molecule has 0 aromatic heterocycles. The summed E-state index contributed by atoms with van der Waals surface area (Å²) in [5.41, 5.74) is 5.86. The van der Waals surface area contributed by atoms with Crippen LogP contribution in [0.2, 0.25) is 0 Å². The van der Waals surface area contributed by atoms with Gasteiger partial charge in [-0.2, -0.15) is 0 Å². The standard InChI is InChI=1S/C14H26N2/c1-11-3-2-4-14(8-5-11)16-10-12-6-7-13(15)9-12/h6-7,11-14,16H,2-5,8-10,15H2,1H3. The molecular weight excluding hydrogens is 196 g/mol. The van der Waals surface area contributed by atoms with E-state index in [1.165, 1.54) is 32.1 Å². The van der Waals surface area contributed by atoms with E-state index in [4.69, 9.17) is 5.73 Å². The lowest BCUT2D eigenvalue weighted by Gasteiger charge is -2.19. The molecule has 2 rings (SSSR count). The number of hydrogen-bond acceptors (Lipinski definition) is 2. The van der Waals surface area contributed by atoms with E-state index in [1.807, 2.05) is 0 Å². The molecular formula is C14H26N2. The zero-order chi connectivity index (χ0) is 11.4. The first-order valence-electron chi connectivity index (χ1n) is 6.91. The summed E-state index contributed by atoms with van der Waals surface area (Å²) < 4.78 is 0. The van der Waals surface area contributed by atoms with Crippen molar-refractivity contribution in [2.24, 2.45) is 17.6 Å². The van der Waals surface area contributed by atoms with Crippen LogP contribution in [0.1, 0.15) is 45.4 Å². The average molecular weight is 222 g/mol. The van der Waals surface area contributed by atoms with Gasteiger partial charge in [0.1, 0.15) is 0 Å². The fourth-order valence-corrected chi connectivity index (χ4v) is 2.97. The molecule has 0 bridgehead atoms. The van der Waals surface area contributed by atoms with Gasteiger partial charge in [0.25, 0.3) is 0 Å². The lowest BCUT2D eigenvalue weighted by Crippen LogP contribution is -2.33. The van der Waals surface area contributed by atoms with Crippen molar-refractivity contribution in [1.29, 1.82) is 0 Å². The Morgan fingerprint density at radius 2 is 2.06 bits per heavy atom. The summed E-state index contributed by atoms with van der Waals surface area (Å²) in [4.78, 5) is 0. The van der Waals surface area contributed by atoms with Crippen LogP contribution in [0.15, 0.2) is 12.2 Å².